The van der Waals surface area contributed by atoms with E-state index in [0.29, 0.717) is 11.3 Å². The lowest BCUT2D eigenvalue weighted by Crippen LogP contribution is -2.17. The largest absolute Gasteiger partial charge is 0.478 e. The third-order valence-corrected chi connectivity index (χ3v) is 1.80. The lowest BCUT2D eigenvalue weighted by Gasteiger charge is -2.05. The third kappa shape index (κ3) is 1.75. The fourth-order valence-electron chi connectivity index (χ4n) is 1.17. The molecule has 1 aromatic heterocycles. The SMILES string of the molecule is Cc1[nH]c(=O)cc(C(=O)O)c1CN. The molecule has 0 aliphatic rings. The van der Waals surface area contributed by atoms with Crippen molar-refractivity contribution in [2.75, 3.05) is 0 Å². The van der Waals surface area contributed by atoms with E-state index in [2.05, 4.69) is 4.98 Å². The summed E-state index contributed by atoms with van der Waals surface area (Å²) >= 11 is 0. The van der Waals surface area contributed by atoms with Gasteiger partial charge in [0.05, 0.1) is 5.56 Å². The quantitative estimate of drug-likeness (QED) is 0.592. The van der Waals surface area contributed by atoms with Gasteiger partial charge in [-0.1, -0.05) is 0 Å². The van der Waals surface area contributed by atoms with Crippen molar-refractivity contribution in [2.45, 2.75) is 13.5 Å². The predicted molar refractivity (Wildman–Crippen MR) is 46.7 cm³/mol. The Kier molecular flexibility index (Phi) is 2.48. The molecule has 0 unspecified atom stereocenters. The normalized spacial score (nSPS) is 10.0. The number of carboxylic acids is 1. The number of nitrogens with two attached hydrogens (primary N) is 1. The molecule has 0 saturated carbocycles. The molecular formula is C8H10N2O3. The van der Waals surface area contributed by atoms with Crippen LogP contribution in [-0.2, 0) is 6.54 Å². The van der Waals surface area contributed by atoms with Gasteiger partial charge in [0, 0.05) is 18.3 Å². The molecule has 0 aliphatic heterocycles. The van der Waals surface area contributed by atoms with Gasteiger partial charge >= 0.3 is 5.97 Å². The van der Waals surface area contributed by atoms with Crippen LogP contribution >= 0.6 is 0 Å². The van der Waals surface area contributed by atoms with Crippen LogP contribution in [0.25, 0.3) is 0 Å². The van der Waals surface area contributed by atoms with Crippen molar-refractivity contribution < 1.29 is 9.90 Å². The lowest BCUT2D eigenvalue weighted by molar-refractivity contribution is 0.0695. The maximum absolute atomic E-state index is 10.9. The molecule has 0 aliphatic carbocycles. The summed E-state index contributed by atoms with van der Waals surface area (Å²) < 4.78 is 0. The standard InChI is InChI=1S/C8H10N2O3/c1-4-6(3-9)5(8(12)13)2-7(11)10-4/h2H,3,9H2,1H3,(H,10,11)(H,12,13). The van der Waals surface area contributed by atoms with Gasteiger partial charge in [-0.25, -0.2) is 4.79 Å². The molecule has 0 atom stereocenters. The van der Waals surface area contributed by atoms with E-state index in [9.17, 15) is 9.59 Å². The van der Waals surface area contributed by atoms with Gasteiger partial charge in [0.25, 0.3) is 0 Å². The molecule has 0 amide bonds. The molecule has 0 saturated heterocycles. The first-order chi connectivity index (χ1) is 6.06. The highest BCUT2D eigenvalue weighted by Crippen LogP contribution is 2.08. The number of aromatic amines is 1. The monoisotopic (exact) mass is 182 g/mol. The molecule has 4 N–H and O–H groups in total. The van der Waals surface area contributed by atoms with Crippen molar-refractivity contribution in [1.29, 1.82) is 0 Å². The number of aryl methyl sites for hydroxylation is 1. The van der Waals surface area contributed by atoms with Gasteiger partial charge in [0.15, 0.2) is 0 Å². The van der Waals surface area contributed by atoms with E-state index < -0.39 is 11.5 Å². The van der Waals surface area contributed by atoms with Crippen LogP contribution in [0.2, 0.25) is 0 Å². The van der Waals surface area contributed by atoms with Crippen LogP contribution in [0, 0.1) is 6.92 Å². The van der Waals surface area contributed by atoms with Gasteiger partial charge in [0.2, 0.25) is 5.56 Å². The zero-order valence-corrected chi connectivity index (χ0v) is 7.13. The van der Waals surface area contributed by atoms with E-state index in [0.717, 1.165) is 6.07 Å². The van der Waals surface area contributed by atoms with E-state index >= 15 is 0 Å². The highest BCUT2D eigenvalue weighted by molar-refractivity contribution is 5.89. The van der Waals surface area contributed by atoms with Crippen LogP contribution in [0.15, 0.2) is 10.9 Å². The predicted octanol–water partition coefficient (Wildman–Crippen LogP) is -0.160. The summed E-state index contributed by atoms with van der Waals surface area (Å²) in [6, 6.07) is 1.04. The molecule has 1 heterocycles. The zero-order chi connectivity index (χ0) is 10.0. The summed E-state index contributed by atoms with van der Waals surface area (Å²) in [6.07, 6.45) is 0. The van der Waals surface area contributed by atoms with Crippen molar-refractivity contribution >= 4 is 5.97 Å². The van der Waals surface area contributed by atoms with Gasteiger partial charge in [0.1, 0.15) is 0 Å². The van der Waals surface area contributed by atoms with Crippen molar-refractivity contribution in [1.82, 2.24) is 4.98 Å². The highest BCUT2D eigenvalue weighted by Gasteiger charge is 2.12. The summed E-state index contributed by atoms with van der Waals surface area (Å²) in [5.74, 6) is -1.13. The Labute approximate surface area is 74.2 Å². The van der Waals surface area contributed by atoms with Gasteiger partial charge in [-0.05, 0) is 12.5 Å². The van der Waals surface area contributed by atoms with E-state index in [-0.39, 0.29) is 12.1 Å². The molecule has 0 fully saturated rings. The van der Waals surface area contributed by atoms with Crippen molar-refractivity contribution in [3.8, 4) is 0 Å². The Bertz CT molecular complexity index is 395. The van der Waals surface area contributed by atoms with Crippen LogP contribution in [0.1, 0.15) is 21.6 Å². The lowest BCUT2D eigenvalue weighted by atomic mass is 10.1. The number of hydrogen-bond donors (Lipinski definition) is 3. The number of nitrogens with one attached hydrogen (secondary N) is 1. The van der Waals surface area contributed by atoms with Crippen LogP contribution in [-0.4, -0.2) is 16.1 Å². The number of aromatic carboxylic acids is 1. The molecule has 5 nitrogen and oxygen atoms in total. The topological polar surface area (TPSA) is 96.2 Å². The number of carboxylic acid groups (broad SMARTS) is 1. The van der Waals surface area contributed by atoms with Gasteiger partial charge in [-0.15, -0.1) is 0 Å². The molecule has 5 heteroatoms. The first-order valence-electron chi connectivity index (χ1n) is 3.72. The van der Waals surface area contributed by atoms with Crippen molar-refractivity contribution in [3.05, 3.63) is 33.2 Å². The molecular weight excluding hydrogens is 172 g/mol. The first-order valence-corrected chi connectivity index (χ1v) is 3.72. The molecule has 0 spiro atoms. The van der Waals surface area contributed by atoms with Gasteiger partial charge < -0.3 is 15.8 Å². The minimum Gasteiger partial charge on any atom is -0.478 e. The second-order valence-corrected chi connectivity index (χ2v) is 2.66. The van der Waals surface area contributed by atoms with Crippen molar-refractivity contribution in [3.63, 3.8) is 0 Å². The average Bonchev–Trinajstić information content (AvgIpc) is 2.02. The Morgan fingerprint density at radius 2 is 2.31 bits per heavy atom. The van der Waals surface area contributed by atoms with E-state index in [4.69, 9.17) is 10.8 Å². The number of pyridine rings is 1. The number of rotatable bonds is 2. The number of carbonyl (C=O) groups is 1. The average molecular weight is 182 g/mol. The van der Waals surface area contributed by atoms with Gasteiger partial charge in [-0.2, -0.15) is 0 Å². The summed E-state index contributed by atoms with van der Waals surface area (Å²) in [5, 5.41) is 8.74. The van der Waals surface area contributed by atoms with E-state index in [1.807, 2.05) is 0 Å². The van der Waals surface area contributed by atoms with Crippen LogP contribution < -0.4 is 11.3 Å². The molecule has 0 aromatic carbocycles. The summed E-state index contributed by atoms with van der Waals surface area (Å²) in [5.41, 5.74) is 5.88. The molecule has 0 radical (unpaired) electrons. The maximum atomic E-state index is 10.9. The fraction of sp³-hybridized carbons (Fsp3) is 0.250. The third-order valence-electron chi connectivity index (χ3n) is 1.80. The molecule has 1 aromatic rings. The molecule has 1 rings (SSSR count). The fourth-order valence-corrected chi connectivity index (χ4v) is 1.17. The smallest absolute Gasteiger partial charge is 0.336 e. The van der Waals surface area contributed by atoms with E-state index in [1.54, 1.807) is 6.92 Å². The second kappa shape index (κ2) is 3.40. The maximum Gasteiger partial charge on any atom is 0.336 e. The summed E-state index contributed by atoms with van der Waals surface area (Å²) in [6.45, 7) is 1.72. The highest BCUT2D eigenvalue weighted by atomic mass is 16.4. The Morgan fingerprint density at radius 1 is 1.69 bits per heavy atom. The zero-order valence-electron chi connectivity index (χ0n) is 7.13. The minimum atomic E-state index is -1.13. The Balaban J connectivity index is 3.47. The molecule has 70 valence electrons. The molecule has 0 bridgehead atoms. The summed E-state index contributed by atoms with van der Waals surface area (Å²) in [7, 11) is 0. The Morgan fingerprint density at radius 3 is 2.77 bits per heavy atom. The van der Waals surface area contributed by atoms with Crippen LogP contribution in [0.3, 0.4) is 0 Å². The number of H-pyrrole nitrogens is 1. The number of aromatic nitrogens is 1. The summed E-state index contributed by atoms with van der Waals surface area (Å²) in [4.78, 5) is 24.1. The minimum absolute atomic E-state index is 0.0243. The number of hydrogen-bond acceptors (Lipinski definition) is 3. The van der Waals surface area contributed by atoms with Crippen LogP contribution in [0.5, 0.6) is 0 Å². The molecule has 13 heavy (non-hydrogen) atoms. The van der Waals surface area contributed by atoms with Crippen molar-refractivity contribution in [2.24, 2.45) is 5.73 Å². The Hall–Kier alpha value is -1.62. The van der Waals surface area contributed by atoms with Crippen LogP contribution in [0.4, 0.5) is 0 Å². The van der Waals surface area contributed by atoms with E-state index in [1.165, 1.54) is 0 Å². The second-order valence-electron chi connectivity index (χ2n) is 2.66. The van der Waals surface area contributed by atoms with Gasteiger partial charge in [-0.3, -0.25) is 4.79 Å². The first kappa shape index (κ1) is 9.47.